The van der Waals surface area contributed by atoms with Gasteiger partial charge in [-0.25, -0.2) is 0 Å². The topological polar surface area (TPSA) is 21.3 Å². The third kappa shape index (κ3) is 0.644. The zero-order valence-corrected chi connectivity index (χ0v) is 4.81. The summed E-state index contributed by atoms with van der Waals surface area (Å²) in [7, 11) is 0. The fourth-order valence-electron chi connectivity index (χ4n) is 1.05. The number of morpholine rings is 1. The van der Waals surface area contributed by atoms with Crippen molar-refractivity contribution in [1.82, 2.24) is 5.32 Å². The van der Waals surface area contributed by atoms with E-state index in [1.165, 1.54) is 12.8 Å². The lowest BCUT2D eigenvalue weighted by molar-refractivity contribution is 0.0557. The minimum absolute atomic E-state index is 0.262. The normalized spacial score (nSPS) is 33.0. The van der Waals surface area contributed by atoms with Crippen LogP contribution in [0.25, 0.3) is 0 Å². The van der Waals surface area contributed by atoms with Crippen LogP contribution in [0.2, 0.25) is 0 Å². The number of ether oxygens (including phenoxy) is 1. The number of hydrogen-bond acceptors (Lipinski definition) is 2. The third-order valence-electron chi connectivity index (χ3n) is 1.82. The molecule has 1 saturated carbocycles. The van der Waals surface area contributed by atoms with Crippen molar-refractivity contribution >= 4 is 0 Å². The Bertz CT molecular complexity index is 90.7. The second kappa shape index (κ2) is 1.45. The molecule has 2 aliphatic rings. The molecule has 2 nitrogen and oxygen atoms in total. The summed E-state index contributed by atoms with van der Waals surface area (Å²) < 4.78 is 5.39. The molecule has 0 aromatic rings. The molecule has 0 aromatic heterocycles. The summed E-state index contributed by atoms with van der Waals surface area (Å²) in [5, 5.41) is 3.26. The van der Waals surface area contributed by atoms with E-state index in [9.17, 15) is 0 Å². The summed E-state index contributed by atoms with van der Waals surface area (Å²) in [5.41, 5.74) is 0.262. The Labute approximate surface area is 49.2 Å². The van der Waals surface area contributed by atoms with Crippen molar-refractivity contribution in [2.45, 2.75) is 18.4 Å². The third-order valence-corrected chi connectivity index (χ3v) is 1.82. The van der Waals surface area contributed by atoms with Crippen molar-refractivity contribution in [1.29, 1.82) is 0 Å². The first-order valence-electron chi connectivity index (χ1n) is 3.12. The molecule has 45 valence electrons. The van der Waals surface area contributed by atoms with E-state index in [1.54, 1.807) is 0 Å². The van der Waals surface area contributed by atoms with Crippen molar-refractivity contribution in [3.8, 4) is 0 Å². The van der Waals surface area contributed by atoms with Crippen LogP contribution in [-0.4, -0.2) is 18.7 Å². The zero-order chi connectivity index (χ0) is 5.45. The van der Waals surface area contributed by atoms with Gasteiger partial charge in [-0.1, -0.05) is 0 Å². The first-order chi connectivity index (χ1) is 3.91. The summed E-state index contributed by atoms with van der Waals surface area (Å²) in [5.74, 6) is 0. The first-order valence-corrected chi connectivity index (χ1v) is 3.12. The van der Waals surface area contributed by atoms with E-state index in [-0.39, 0.29) is 5.60 Å². The predicted octanol–water partition coefficient (Wildman–Crippen LogP) is 0.301. The Morgan fingerprint density at radius 3 is 2.75 bits per heavy atom. The van der Waals surface area contributed by atoms with Crippen molar-refractivity contribution in [2.24, 2.45) is 0 Å². The van der Waals surface area contributed by atoms with Crippen LogP contribution in [0.15, 0.2) is 0 Å². The first kappa shape index (κ1) is 4.77. The Morgan fingerprint density at radius 1 is 1.50 bits per heavy atom. The maximum Gasteiger partial charge on any atom is 0.0981 e. The van der Waals surface area contributed by atoms with E-state index in [1.807, 2.05) is 6.61 Å². The van der Waals surface area contributed by atoms with E-state index < -0.39 is 0 Å². The molecule has 1 heterocycles. The van der Waals surface area contributed by atoms with Gasteiger partial charge in [0.15, 0.2) is 0 Å². The van der Waals surface area contributed by atoms with Gasteiger partial charge >= 0.3 is 0 Å². The molecular weight excluding hydrogens is 102 g/mol. The Kier molecular flexibility index (Phi) is 0.866. The van der Waals surface area contributed by atoms with Crippen LogP contribution in [0.4, 0.5) is 0 Å². The van der Waals surface area contributed by atoms with Gasteiger partial charge in [0.25, 0.3) is 0 Å². The highest BCUT2D eigenvalue weighted by molar-refractivity contribution is 5.00. The van der Waals surface area contributed by atoms with Gasteiger partial charge in [0.1, 0.15) is 0 Å². The lowest BCUT2D eigenvalue weighted by Crippen LogP contribution is -2.37. The summed E-state index contributed by atoms with van der Waals surface area (Å²) in [6.07, 6.45) is 2.49. The molecule has 1 radical (unpaired) electrons. The highest BCUT2D eigenvalue weighted by Gasteiger charge is 2.44. The fraction of sp³-hybridized carbons (Fsp3) is 0.833. The minimum atomic E-state index is 0.262. The molecule has 8 heavy (non-hydrogen) atoms. The van der Waals surface area contributed by atoms with Gasteiger partial charge < -0.3 is 10.1 Å². The number of rotatable bonds is 0. The van der Waals surface area contributed by atoms with Crippen molar-refractivity contribution in [3.05, 3.63) is 6.61 Å². The summed E-state index contributed by atoms with van der Waals surface area (Å²) in [6, 6.07) is 0. The van der Waals surface area contributed by atoms with Crippen LogP contribution < -0.4 is 5.32 Å². The molecular formula is C6H10NO. The summed E-state index contributed by atoms with van der Waals surface area (Å²) in [4.78, 5) is 0. The molecule has 1 aliphatic heterocycles. The molecule has 1 spiro atoms. The zero-order valence-electron chi connectivity index (χ0n) is 4.81. The van der Waals surface area contributed by atoms with Gasteiger partial charge in [-0.2, -0.15) is 0 Å². The second-order valence-corrected chi connectivity index (χ2v) is 2.60. The Morgan fingerprint density at radius 2 is 2.38 bits per heavy atom. The lowest BCUT2D eigenvalue weighted by atomic mass is 10.3. The predicted molar refractivity (Wildman–Crippen MR) is 30.2 cm³/mol. The standard InChI is InChI=1S/C6H10NO/c1-2-6(1)5-7-3-4-8-6/h4,7H,1-3,5H2. The Balaban J connectivity index is 1.95. The molecule has 2 rings (SSSR count). The van der Waals surface area contributed by atoms with Crippen LogP contribution in [0.5, 0.6) is 0 Å². The summed E-state index contributed by atoms with van der Waals surface area (Å²) >= 11 is 0. The smallest absolute Gasteiger partial charge is 0.0981 e. The number of nitrogens with one attached hydrogen (secondary N) is 1. The molecule has 2 heteroatoms. The van der Waals surface area contributed by atoms with Crippen molar-refractivity contribution in [3.63, 3.8) is 0 Å². The second-order valence-electron chi connectivity index (χ2n) is 2.60. The van der Waals surface area contributed by atoms with E-state index in [4.69, 9.17) is 4.74 Å². The van der Waals surface area contributed by atoms with E-state index >= 15 is 0 Å². The highest BCUT2D eigenvalue weighted by Crippen LogP contribution is 2.40. The molecule has 1 N–H and O–H groups in total. The van der Waals surface area contributed by atoms with Crippen molar-refractivity contribution < 1.29 is 4.74 Å². The maximum absolute atomic E-state index is 5.39. The average molecular weight is 112 g/mol. The molecule has 0 aromatic carbocycles. The van der Waals surface area contributed by atoms with Crippen LogP contribution >= 0.6 is 0 Å². The Hall–Kier alpha value is -0.0800. The van der Waals surface area contributed by atoms with Gasteiger partial charge in [-0.3, -0.25) is 0 Å². The fourth-order valence-corrected chi connectivity index (χ4v) is 1.05. The molecule has 1 saturated heterocycles. The molecule has 0 amide bonds. The lowest BCUT2D eigenvalue weighted by Gasteiger charge is -2.21. The molecule has 0 unspecified atom stereocenters. The van der Waals surface area contributed by atoms with E-state index in [2.05, 4.69) is 5.32 Å². The monoisotopic (exact) mass is 112 g/mol. The van der Waals surface area contributed by atoms with Gasteiger partial charge in [-0.15, -0.1) is 0 Å². The molecule has 1 aliphatic carbocycles. The molecule has 0 bridgehead atoms. The van der Waals surface area contributed by atoms with Crippen LogP contribution in [0.1, 0.15) is 12.8 Å². The quantitative estimate of drug-likeness (QED) is 0.486. The van der Waals surface area contributed by atoms with Gasteiger partial charge in [0.2, 0.25) is 0 Å². The van der Waals surface area contributed by atoms with Crippen molar-refractivity contribution in [2.75, 3.05) is 13.1 Å². The largest absolute Gasteiger partial charge is 0.366 e. The van der Waals surface area contributed by atoms with Crippen LogP contribution in [0, 0.1) is 6.61 Å². The van der Waals surface area contributed by atoms with E-state index in [0.717, 1.165) is 13.1 Å². The average Bonchev–Trinajstić information content (AvgIpc) is 2.52. The van der Waals surface area contributed by atoms with Crippen LogP contribution in [0.3, 0.4) is 0 Å². The van der Waals surface area contributed by atoms with Crippen LogP contribution in [-0.2, 0) is 4.74 Å². The van der Waals surface area contributed by atoms with Gasteiger partial charge in [-0.05, 0) is 12.8 Å². The van der Waals surface area contributed by atoms with Gasteiger partial charge in [0, 0.05) is 13.1 Å². The van der Waals surface area contributed by atoms with E-state index in [0.29, 0.717) is 0 Å². The van der Waals surface area contributed by atoms with Gasteiger partial charge in [0.05, 0.1) is 12.2 Å². The summed E-state index contributed by atoms with van der Waals surface area (Å²) in [6.45, 7) is 3.85. The molecule has 2 fully saturated rings. The number of hydrogen-bond donors (Lipinski definition) is 1. The SMILES string of the molecule is [CH]1CNCC2(CC2)O1. The molecule has 0 atom stereocenters. The minimum Gasteiger partial charge on any atom is -0.366 e. The highest BCUT2D eigenvalue weighted by atomic mass is 16.5. The maximum atomic E-state index is 5.39.